The van der Waals surface area contributed by atoms with E-state index in [4.69, 9.17) is 9.68 Å². The number of rotatable bonds is 1. The first kappa shape index (κ1) is 9.60. The average Bonchev–Trinajstić information content (AvgIpc) is 2.74. The molecule has 3 nitrogen and oxygen atoms in total. The number of hydrogen-bond donors (Lipinski definition) is 0. The van der Waals surface area contributed by atoms with Crippen LogP contribution in [0.5, 0.6) is 0 Å². The number of aryl methyl sites for hydroxylation is 1. The molecule has 0 saturated carbocycles. The predicted octanol–water partition coefficient (Wildman–Crippen LogP) is 2.77. The fourth-order valence-corrected chi connectivity index (χ4v) is 1.62. The Bertz CT molecular complexity index is 540. The van der Waals surface area contributed by atoms with E-state index in [1.807, 2.05) is 43.7 Å². The third-order valence-electron chi connectivity index (χ3n) is 2.65. The Labute approximate surface area is 88.6 Å². The summed E-state index contributed by atoms with van der Waals surface area (Å²) in [6.07, 6.45) is 0. The van der Waals surface area contributed by atoms with Crippen LogP contribution in [0.4, 0.5) is 0 Å². The molecule has 0 unspecified atom stereocenters. The van der Waals surface area contributed by atoms with E-state index in [0.29, 0.717) is 5.56 Å². The Kier molecular flexibility index (Phi) is 2.12. The molecule has 15 heavy (non-hydrogen) atoms. The molecule has 3 heteroatoms. The van der Waals surface area contributed by atoms with Gasteiger partial charge in [-0.05, 0) is 32.0 Å². The molecule has 2 aromatic heterocycles. The summed E-state index contributed by atoms with van der Waals surface area (Å²) in [6, 6.07) is 7.87. The minimum absolute atomic E-state index is 0.696. The average molecular weight is 200 g/mol. The van der Waals surface area contributed by atoms with Crippen molar-refractivity contribution in [2.24, 2.45) is 7.05 Å². The Morgan fingerprint density at radius 1 is 1.33 bits per heavy atom. The van der Waals surface area contributed by atoms with Crippen LogP contribution in [0.2, 0.25) is 0 Å². The first-order valence-corrected chi connectivity index (χ1v) is 4.76. The molecule has 0 radical (unpaired) electrons. The van der Waals surface area contributed by atoms with Gasteiger partial charge in [0.25, 0.3) is 0 Å². The van der Waals surface area contributed by atoms with Gasteiger partial charge in [-0.25, -0.2) is 0 Å². The third-order valence-corrected chi connectivity index (χ3v) is 2.65. The lowest BCUT2D eigenvalue weighted by atomic mass is 10.2. The highest BCUT2D eigenvalue weighted by atomic mass is 16.3. The van der Waals surface area contributed by atoms with Gasteiger partial charge in [-0.2, -0.15) is 5.26 Å². The molecule has 2 rings (SSSR count). The molecule has 0 amide bonds. The molecule has 0 bridgehead atoms. The van der Waals surface area contributed by atoms with Gasteiger partial charge < -0.3 is 8.98 Å². The minimum Gasteiger partial charge on any atom is -0.460 e. The van der Waals surface area contributed by atoms with Crippen molar-refractivity contribution < 1.29 is 4.42 Å². The maximum atomic E-state index is 8.91. The van der Waals surface area contributed by atoms with Gasteiger partial charge in [0.05, 0.1) is 11.3 Å². The first-order chi connectivity index (χ1) is 7.13. The van der Waals surface area contributed by atoms with E-state index in [9.17, 15) is 0 Å². The van der Waals surface area contributed by atoms with E-state index in [1.54, 1.807) is 0 Å². The molecular weight excluding hydrogens is 188 g/mol. The van der Waals surface area contributed by atoms with Gasteiger partial charge in [-0.3, -0.25) is 0 Å². The number of hydrogen-bond acceptors (Lipinski definition) is 2. The second-order valence-electron chi connectivity index (χ2n) is 3.61. The zero-order valence-electron chi connectivity index (χ0n) is 9.03. The summed E-state index contributed by atoms with van der Waals surface area (Å²) >= 11 is 0. The highest BCUT2D eigenvalue weighted by Crippen LogP contribution is 2.25. The Balaban J connectivity index is 2.60. The van der Waals surface area contributed by atoms with Crippen molar-refractivity contribution in [1.82, 2.24) is 4.57 Å². The Morgan fingerprint density at radius 3 is 2.53 bits per heavy atom. The third kappa shape index (κ3) is 1.44. The van der Waals surface area contributed by atoms with Crippen molar-refractivity contribution in [3.8, 4) is 17.5 Å². The Morgan fingerprint density at radius 2 is 2.07 bits per heavy atom. The smallest absolute Gasteiger partial charge is 0.150 e. The Hall–Kier alpha value is -1.95. The second kappa shape index (κ2) is 3.32. The zero-order chi connectivity index (χ0) is 11.0. The molecule has 0 aliphatic carbocycles. The topological polar surface area (TPSA) is 41.9 Å². The van der Waals surface area contributed by atoms with Crippen LogP contribution in [-0.4, -0.2) is 4.57 Å². The summed E-state index contributed by atoms with van der Waals surface area (Å²) in [5.74, 6) is 1.68. The largest absolute Gasteiger partial charge is 0.460 e. The van der Waals surface area contributed by atoms with E-state index in [0.717, 1.165) is 22.9 Å². The van der Waals surface area contributed by atoms with Gasteiger partial charge in [0.1, 0.15) is 11.8 Å². The SMILES string of the molecule is Cc1ccc(-c2cc(C#N)c(C)n2C)o1. The van der Waals surface area contributed by atoms with Crippen molar-refractivity contribution in [2.75, 3.05) is 0 Å². The summed E-state index contributed by atoms with van der Waals surface area (Å²) < 4.78 is 7.50. The molecule has 0 aromatic carbocycles. The summed E-state index contributed by atoms with van der Waals surface area (Å²) in [4.78, 5) is 0. The minimum atomic E-state index is 0.696. The van der Waals surface area contributed by atoms with Crippen LogP contribution in [0.1, 0.15) is 17.0 Å². The highest BCUT2D eigenvalue weighted by molar-refractivity contribution is 5.59. The van der Waals surface area contributed by atoms with Gasteiger partial charge in [0.2, 0.25) is 0 Å². The highest BCUT2D eigenvalue weighted by Gasteiger charge is 2.12. The number of nitriles is 1. The van der Waals surface area contributed by atoms with Crippen LogP contribution >= 0.6 is 0 Å². The molecule has 0 aliphatic heterocycles. The molecule has 0 saturated heterocycles. The van der Waals surface area contributed by atoms with E-state index in [-0.39, 0.29) is 0 Å². The maximum absolute atomic E-state index is 8.91. The molecular formula is C12H12N2O. The van der Waals surface area contributed by atoms with Crippen LogP contribution in [0.3, 0.4) is 0 Å². The van der Waals surface area contributed by atoms with Crippen molar-refractivity contribution in [3.05, 3.63) is 35.2 Å². The normalized spacial score (nSPS) is 10.3. The number of aromatic nitrogens is 1. The summed E-state index contributed by atoms with van der Waals surface area (Å²) in [5.41, 5.74) is 2.60. The quantitative estimate of drug-likeness (QED) is 0.710. The summed E-state index contributed by atoms with van der Waals surface area (Å²) in [6.45, 7) is 3.84. The van der Waals surface area contributed by atoms with Gasteiger partial charge in [-0.1, -0.05) is 0 Å². The molecule has 76 valence electrons. The molecule has 2 heterocycles. The first-order valence-electron chi connectivity index (χ1n) is 4.76. The van der Waals surface area contributed by atoms with E-state index in [2.05, 4.69) is 6.07 Å². The molecule has 2 aromatic rings. The second-order valence-corrected chi connectivity index (χ2v) is 3.61. The van der Waals surface area contributed by atoms with Crippen molar-refractivity contribution in [3.63, 3.8) is 0 Å². The standard InChI is InChI=1S/C12H12N2O/c1-8-4-5-12(15-8)11-6-10(7-13)9(2)14(11)3/h4-6H,1-3H3. The predicted molar refractivity (Wildman–Crippen MR) is 57.3 cm³/mol. The van der Waals surface area contributed by atoms with Gasteiger partial charge >= 0.3 is 0 Å². The van der Waals surface area contributed by atoms with Gasteiger partial charge in [0, 0.05) is 12.7 Å². The van der Waals surface area contributed by atoms with E-state index >= 15 is 0 Å². The molecule has 0 fully saturated rings. The number of nitrogens with zero attached hydrogens (tertiary/aromatic N) is 2. The van der Waals surface area contributed by atoms with Crippen LogP contribution in [0.25, 0.3) is 11.5 Å². The maximum Gasteiger partial charge on any atom is 0.150 e. The molecule has 0 spiro atoms. The molecule has 0 N–H and O–H groups in total. The van der Waals surface area contributed by atoms with Crippen molar-refractivity contribution in [1.29, 1.82) is 5.26 Å². The fourth-order valence-electron chi connectivity index (χ4n) is 1.62. The summed E-state index contributed by atoms with van der Waals surface area (Å²) in [5, 5.41) is 8.91. The molecule has 0 aliphatic rings. The van der Waals surface area contributed by atoms with E-state index < -0.39 is 0 Å². The number of furan rings is 1. The monoisotopic (exact) mass is 200 g/mol. The summed E-state index contributed by atoms with van der Waals surface area (Å²) in [7, 11) is 1.93. The van der Waals surface area contributed by atoms with Crippen molar-refractivity contribution in [2.45, 2.75) is 13.8 Å². The zero-order valence-corrected chi connectivity index (χ0v) is 9.03. The van der Waals surface area contributed by atoms with Gasteiger partial charge in [0.15, 0.2) is 5.76 Å². The molecule has 0 atom stereocenters. The van der Waals surface area contributed by atoms with Gasteiger partial charge in [-0.15, -0.1) is 0 Å². The van der Waals surface area contributed by atoms with Crippen LogP contribution < -0.4 is 0 Å². The lowest BCUT2D eigenvalue weighted by molar-refractivity contribution is 0.543. The lowest BCUT2D eigenvalue weighted by Crippen LogP contribution is -1.93. The van der Waals surface area contributed by atoms with Crippen LogP contribution in [-0.2, 0) is 7.05 Å². The fraction of sp³-hybridized carbons (Fsp3) is 0.250. The van der Waals surface area contributed by atoms with Crippen LogP contribution in [0, 0.1) is 25.2 Å². The van der Waals surface area contributed by atoms with Crippen LogP contribution in [0.15, 0.2) is 22.6 Å². The lowest BCUT2D eigenvalue weighted by Gasteiger charge is -2.01. The van der Waals surface area contributed by atoms with Crippen molar-refractivity contribution >= 4 is 0 Å². The van der Waals surface area contributed by atoms with E-state index in [1.165, 1.54) is 0 Å².